The van der Waals surface area contributed by atoms with Gasteiger partial charge in [-0.1, -0.05) is 82.5 Å². The van der Waals surface area contributed by atoms with Crippen molar-refractivity contribution in [3.63, 3.8) is 0 Å². The van der Waals surface area contributed by atoms with Gasteiger partial charge in [0.15, 0.2) is 0 Å². The smallest absolute Gasteiger partial charge is 0.334 e. The van der Waals surface area contributed by atoms with Crippen LogP contribution in [-0.4, -0.2) is 83.1 Å². The number of methoxy groups -OCH3 is 2. The molecule has 0 aromatic heterocycles. The number of aryl methyl sites for hydroxylation is 2. The summed E-state index contributed by atoms with van der Waals surface area (Å²) in [4.78, 5) is 74.8. The lowest BCUT2D eigenvalue weighted by Gasteiger charge is -2.32. The second kappa shape index (κ2) is 24.7. The van der Waals surface area contributed by atoms with Crippen LogP contribution in [0.4, 0.5) is 0 Å². The number of carbonyl (C=O) groups is 6. The first kappa shape index (κ1) is 49.9. The molecule has 13 nitrogen and oxygen atoms in total. The first-order chi connectivity index (χ1) is 29.5. The zero-order valence-electron chi connectivity index (χ0n) is 36.5. The molecule has 0 radical (unpaired) electrons. The molecule has 0 N–H and O–H groups in total. The van der Waals surface area contributed by atoms with Crippen molar-refractivity contribution in [2.45, 2.75) is 72.1 Å². The molecule has 3 aromatic carbocycles. The van der Waals surface area contributed by atoms with Gasteiger partial charge in [0.2, 0.25) is 0 Å². The van der Waals surface area contributed by atoms with Gasteiger partial charge >= 0.3 is 35.8 Å². The Hall–Kier alpha value is -6.50. The van der Waals surface area contributed by atoms with Crippen molar-refractivity contribution in [2.24, 2.45) is 5.41 Å². The lowest BCUT2D eigenvalue weighted by molar-refractivity contribution is -0.161. The molecular formula is C49H58O13. The fraction of sp³-hybridized carbons (Fsp3) is 0.388. The maximum Gasteiger partial charge on any atom is 0.334 e. The third-order valence-electron chi connectivity index (χ3n) is 9.70. The number of ether oxygens (including phenoxy) is 7. The van der Waals surface area contributed by atoms with Crippen LogP contribution in [0.3, 0.4) is 0 Å². The third kappa shape index (κ3) is 15.8. The molecule has 3 aromatic rings. The third-order valence-corrected chi connectivity index (χ3v) is 9.70. The number of benzene rings is 3. The Morgan fingerprint density at radius 1 is 0.565 bits per heavy atom. The standard InChI is InChI=1S/C49H58O13/c1-10-11-12-14-36-16-17-38-26-39(19-18-37(38)25-36)40-20-21-42(41(27-40)15-13-22-58-45(52)32(2)3)59-28-49(29-60-46(53)33(4)5,30-61-47(54)34(6)23-43(50)56-8)31-62-48(55)35(7)24-44(51)57-9/h16-21,25-27H,2,4,6-7,10-15,22-24,28-31H2,1,3,5,8-9H3. The van der Waals surface area contributed by atoms with E-state index in [0.717, 1.165) is 60.9 Å². The Balaban J connectivity index is 2.04. The predicted octanol–water partition coefficient (Wildman–Crippen LogP) is 8.10. The second-order valence-electron chi connectivity index (χ2n) is 15.2. The summed E-state index contributed by atoms with van der Waals surface area (Å²) in [7, 11) is 2.31. The minimum atomic E-state index is -1.59. The fourth-order valence-corrected chi connectivity index (χ4v) is 5.96. The molecule has 0 atom stereocenters. The van der Waals surface area contributed by atoms with Crippen LogP contribution in [0.1, 0.15) is 70.4 Å². The van der Waals surface area contributed by atoms with E-state index >= 15 is 0 Å². The highest BCUT2D eigenvalue weighted by atomic mass is 16.6. The molecule has 0 saturated heterocycles. The van der Waals surface area contributed by atoms with Gasteiger partial charge in [-0.3, -0.25) is 9.59 Å². The molecule has 0 unspecified atom stereocenters. The number of fused-ring (bicyclic) bond motifs is 1. The minimum Gasteiger partial charge on any atom is -0.492 e. The maximum absolute atomic E-state index is 13.1. The fourth-order valence-electron chi connectivity index (χ4n) is 5.96. The van der Waals surface area contributed by atoms with Crippen molar-refractivity contribution in [3.8, 4) is 16.9 Å². The Bertz CT molecular complexity index is 2120. The van der Waals surface area contributed by atoms with Gasteiger partial charge in [-0.25, -0.2) is 19.2 Å². The summed E-state index contributed by atoms with van der Waals surface area (Å²) in [5.74, 6) is -4.30. The topological polar surface area (TPSA) is 167 Å². The van der Waals surface area contributed by atoms with Crippen LogP contribution in [0.2, 0.25) is 0 Å². The van der Waals surface area contributed by atoms with E-state index in [1.807, 2.05) is 12.1 Å². The molecule has 0 aliphatic heterocycles. The maximum atomic E-state index is 13.1. The van der Waals surface area contributed by atoms with E-state index < -0.39 is 73.9 Å². The predicted molar refractivity (Wildman–Crippen MR) is 234 cm³/mol. The van der Waals surface area contributed by atoms with E-state index in [-0.39, 0.29) is 35.5 Å². The van der Waals surface area contributed by atoms with E-state index in [0.29, 0.717) is 18.6 Å². The Morgan fingerprint density at radius 2 is 1.08 bits per heavy atom. The Morgan fingerprint density at radius 3 is 1.65 bits per heavy atom. The van der Waals surface area contributed by atoms with Gasteiger partial charge < -0.3 is 33.2 Å². The zero-order valence-corrected chi connectivity index (χ0v) is 36.5. The highest BCUT2D eigenvalue weighted by Gasteiger charge is 2.38. The average Bonchev–Trinajstić information content (AvgIpc) is 3.26. The number of hydrogen-bond donors (Lipinski definition) is 0. The molecule has 3 rings (SSSR count). The van der Waals surface area contributed by atoms with Crippen molar-refractivity contribution >= 4 is 46.6 Å². The minimum absolute atomic E-state index is 0.0676. The summed E-state index contributed by atoms with van der Waals surface area (Å²) < 4.78 is 37.8. The van der Waals surface area contributed by atoms with E-state index in [1.54, 1.807) is 13.0 Å². The summed E-state index contributed by atoms with van der Waals surface area (Å²) in [6.07, 6.45) is 4.40. The molecule has 0 bridgehead atoms. The summed E-state index contributed by atoms with van der Waals surface area (Å²) in [5, 5.41) is 2.21. The van der Waals surface area contributed by atoms with E-state index in [2.05, 4.69) is 79.1 Å². The number of esters is 6. The van der Waals surface area contributed by atoms with Crippen molar-refractivity contribution in [2.75, 3.05) is 47.3 Å². The molecular weight excluding hydrogens is 797 g/mol. The average molecular weight is 855 g/mol. The molecule has 332 valence electrons. The monoisotopic (exact) mass is 854 g/mol. The van der Waals surface area contributed by atoms with Crippen LogP contribution >= 0.6 is 0 Å². The van der Waals surface area contributed by atoms with Gasteiger partial charge in [-0.2, -0.15) is 0 Å². The van der Waals surface area contributed by atoms with Gasteiger partial charge in [-0.15, -0.1) is 0 Å². The van der Waals surface area contributed by atoms with Crippen molar-refractivity contribution in [3.05, 3.63) is 114 Å². The molecule has 0 aliphatic carbocycles. The SMILES string of the molecule is C=C(C)C(=O)OCCCc1cc(-c2ccc3cc(CCCCC)ccc3c2)ccc1OCC(COC(=O)C(=C)C)(COC(=O)C(=C)CC(=O)OC)COC(=O)C(=C)CC(=O)OC. The first-order valence-corrected chi connectivity index (χ1v) is 20.3. The molecule has 0 fully saturated rings. The normalized spacial score (nSPS) is 10.9. The summed E-state index contributed by atoms with van der Waals surface area (Å²) >= 11 is 0. The molecule has 0 amide bonds. The lowest BCUT2D eigenvalue weighted by atomic mass is 9.91. The molecule has 0 heterocycles. The summed E-state index contributed by atoms with van der Waals surface area (Å²) in [6.45, 7) is 17.8. The Kier molecular flexibility index (Phi) is 19.8. The number of carbonyl (C=O) groups excluding carboxylic acids is 6. The first-order valence-electron chi connectivity index (χ1n) is 20.3. The van der Waals surface area contributed by atoms with E-state index in [4.69, 9.17) is 23.7 Å². The van der Waals surface area contributed by atoms with Gasteiger partial charge in [0.05, 0.1) is 33.7 Å². The van der Waals surface area contributed by atoms with Crippen LogP contribution in [0.5, 0.6) is 5.75 Å². The summed E-state index contributed by atoms with van der Waals surface area (Å²) in [5.41, 5.74) is 2.16. The number of unbranched alkanes of at least 4 members (excludes halogenated alkanes) is 2. The molecule has 0 aliphatic rings. The van der Waals surface area contributed by atoms with Crippen molar-refractivity contribution < 1.29 is 61.9 Å². The van der Waals surface area contributed by atoms with Crippen LogP contribution in [0.15, 0.2) is 103 Å². The summed E-state index contributed by atoms with van der Waals surface area (Å²) in [6, 6.07) is 18.4. The van der Waals surface area contributed by atoms with Gasteiger partial charge in [0.1, 0.15) is 37.6 Å². The molecule has 0 spiro atoms. The van der Waals surface area contributed by atoms with E-state index in [9.17, 15) is 28.8 Å². The van der Waals surface area contributed by atoms with E-state index in [1.165, 1.54) is 18.9 Å². The zero-order chi connectivity index (χ0) is 45.8. The van der Waals surface area contributed by atoms with Crippen LogP contribution in [0.25, 0.3) is 21.9 Å². The highest BCUT2D eigenvalue weighted by molar-refractivity contribution is 5.94. The largest absolute Gasteiger partial charge is 0.492 e. The van der Waals surface area contributed by atoms with Gasteiger partial charge in [0.25, 0.3) is 0 Å². The lowest BCUT2D eigenvalue weighted by Crippen LogP contribution is -2.44. The van der Waals surface area contributed by atoms with Gasteiger partial charge in [-0.05, 0) is 90.8 Å². The number of rotatable bonds is 26. The van der Waals surface area contributed by atoms with Crippen LogP contribution in [0, 0.1) is 5.41 Å². The molecule has 13 heteroatoms. The molecule has 0 saturated carbocycles. The van der Waals surface area contributed by atoms with Crippen molar-refractivity contribution in [1.82, 2.24) is 0 Å². The van der Waals surface area contributed by atoms with Crippen LogP contribution in [-0.2, 0) is 70.0 Å². The quantitative estimate of drug-likeness (QED) is 0.0329. The second-order valence-corrected chi connectivity index (χ2v) is 15.2. The van der Waals surface area contributed by atoms with Gasteiger partial charge in [0, 0.05) is 22.3 Å². The number of hydrogen-bond acceptors (Lipinski definition) is 13. The van der Waals surface area contributed by atoms with Crippen molar-refractivity contribution in [1.29, 1.82) is 0 Å². The Labute approximate surface area is 363 Å². The highest BCUT2D eigenvalue weighted by Crippen LogP contribution is 2.32. The van der Waals surface area contributed by atoms with Crippen LogP contribution < -0.4 is 4.74 Å². The molecule has 62 heavy (non-hydrogen) atoms.